The van der Waals surface area contributed by atoms with Crippen molar-refractivity contribution in [1.82, 2.24) is 9.97 Å². The largest absolute Gasteiger partial charge is 0.465 e. The van der Waals surface area contributed by atoms with E-state index in [-0.39, 0.29) is 24.0 Å². The quantitative estimate of drug-likeness (QED) is 0.370. The van der Waals surface area contributed by atoms with E-state index < -0.39 is 0 Å². The van der Waals surface area contributed by atoms with Gasteiger partial charge in [-0.2, -0.15) is 0 Å². The van der Waals surface area contributed by atoms with Gasteiger partial charge >= 0.3 is 0 Å². The van der Waals surface area contributed by atoms with Gasteiger partial charge in [0.15, 0.2) is 0 Å². The average molecular weight is 412 g/mol. The van der Waals surface area contributed by atoms with Crippen LogP contribution in [-0.2, 0) is 4.74 Å². The highest BCUT2D eigenvalue weighted by atomic mass is 16.5. The molecule has 0 aliphatic carbocycles. The monoisotopic (exact) mass is 412 g/mol. The standard InChI is InChI=1S/C25H24N4O2/c1-25(2,3)9-8-16-11-20-21(15-30-24(26)27)19-12-17(18-5-4-10-28-14-18)6-7-22(19)31-23(20)29-13-16/h4-7,10-14,21H,15H2,1-3H3,(H3,26,27)/t21-/m1/s1. The third-order valence-electron chi connectivity index (χ3n) is 4.83. The molecule has 0 spiro atoms. The second-order valence-electron chi connectivity index (χ2n) is 8.44. The van der Waals surface area contributed by atoms with Crippen LogP contribution in [0.1, 0.15) is 43.4 Å². The third kappa shape index (κ3) is 4.67. The van der Waals surface area contributed by atoms with E-state index in [9.17, 15) is 0 Å². The molecule has 0 amide bonds. The highest BCUT2D eigenvalue weighted by molar-refractivity contribution is 5.69. The van der Waals surface area contributed by atoms with Gasteiger partial charge in [0, 0.05) is 46.3 Å². The van der Waals surface area contributed by atoms with Gasteiger partial charge in [-0.3, -0.25) is 10.4 Å². The van der Waals surface area contributed by atoms with E-state index in [1.54, 1.807) is 12.4 Å². The molecule has 0 saturated heterocycles. The van der Waals surface area contributed by atoms with Gasteiger partial charge in [0.1, 0.15) is 12.4 Å². The average Bonchev–Trinajstić information content (AvgIpc) is 2.75. The minimum Gasteiger partial charge on any atom is -0.465 e. The number of rotatable bonds is 3. The number of nitrogens with zero attached hydrogens (tertiary/aromatic N) is 2. The van der Waals surface area contributed by atoms with Crippen LogP contribution in [0.2, 0.25) is 0 Å². The van der Waals surface area contributed by atoms with Crippen LogP contribution < -0.4 is 10.5 Å². The Bertz CT molecular complexity index is 1190. The highest BCUT2D eigenvalue weighted by Gasteiger charge is 2.30. The van der Waals surface area contributed by atoms with Crippen LogP contribution in [-0.4, -0.2) is 22.6 Å². The number of benzene rings is 1. The molecule has 3 N–H and O–H groups in total. The molecule has 1 aromatic carbocycles. The normalized spacial score (nSPS) is 14.4. The Morgan fingerprint density at radius 1 is 1.16 bits per heavy atom. The number of hydrogen-bond donors (Lipinski definition) is 2. The van der Waals surface area contributed by atoms with Gasteiger partial charge in [0.2, 0.25) is 5.88 Å². The Kier molecular flexibility index (Phi) is 5.35. The van der Waals surface area contributed by atoms with Crippen LogP contribution in [0.3, 0.4) is 0 Å². The molecule has 1 aliphatic rings. The lowest BCUT2D eigenvalue weighted by molar-refractivity contribution is 0.273. The maximum absolute atomic E-state index is 7.51. The zero-order chi connectivity index (χ0) is 22.0. The van der Waals surface area contributed by atoms with Crippen molar-refractivity contribution < 1.29 is 9.47 Å². The molecular formula is C25H24N4O2. The van der Waals surface area contributed by atoms with Crippen LogP contribution in [0.15, 0.2) is 55.0 Å². The molecular weight excluding hydrogens is 388 g/mol. The molecule has 0 unspecified atom stereocenters. The summed E-state index contributed by atoms with van der Waals surface area (Å²) in [6.45, 7) is 6.39. The van der Waals surface area contributed by atoms with Gasteiger partial charge in [-0.15, -0.1) is 0 Å². The van der Waals surface area contributed by atoms with E-state index in [0.29, 0.717) is 11.6 Å². The van der Waals surface area contributed by atoms with Crippen LogP contribution in [0.5, 0.6) is 11.6 Å². The van der Waals surface area contributed by atoms with Gasteiger partial charge in [-0.25, -0.2) is 4.98 Å². The fourth-order valence-corrected chi connectivity index (χ4v) is 3.38. The maximum atomic E-state index is 7.51. The number of fused-ring (bicyclic) bond motifs is 2. The molecule has 156 valence electrons. The van der Waals surface area contributed by atoms with Crippen molar-refractivity contribution in [3.63, 3.8) is 0 Å². The van der Waals surface area contributed by atoms with Crippen molar-refractivity contribution >= 4 is 6.02 Å². The molecule has 0 radical (unpaired) electrons. The van der Waals surface area contributed by atoms with Gasteiger partial charge in [0.05, 0.1) is 5.92 Å². The van der Waals surface area contributed by atoms with Crippen LogP contribution in [0.25, 0.3) is 11.1 Å². The topological polar surface area (TPSA) is 94.1 Å². The molecule has 1 atom stereocenters. The zero-order valence-electron chi connectivity index (χ0n) is 17.8. The van der Waals surface area contributed by atoms with Crippen molar-refractivity contribution in [3.8, 4) is 34.6 Å². The number of ether oxygens (including phenoxy) is 2. The minimum absolute atomic E-state index is 0.116. The van der Waals surface area contributed by atoms with Crippen molar-refractivity contribution in [1.29, 1.82) is 5.41 Å². The van der Waals surface area contributed by atoms with Gasteiger partial charge in [-0.05, 0) is 50.6 Å². The summed E-state index contributed by atoms with van der Waals surface area (Å²) in [5, 5.41) is 7.51. The summed E-state index contributed by atoms with van der Waals surface area (Å²) in [6.07, 6.45) is 5.29. The lowest BCUT2D eigenvalue weighted by Gasteiger charge is -2.28. The summed E-state index contributed by atoms with van der Waals surface area (Å²) in [6, 6.07) is 11.6. The molecule has 0 bridgehead atoms. The first-order valence-corrected chi connectivity index (χ1v) is 10.0. The van der Waals surface area contributed by atoms with Crippen LogP contribution in [0, 0.1) is 22.7 Å². The lowest BCUT2D eigenvalue weighted by Crippen LogP contribution is -2.22. The van der Waals surface area contributed by atoms with Crippen molar-refractivity contribution in [2.75, 3.05) is 6.61 Å². The van der Waals surface area contributed by atoms with E-state index in [0.717, 1.165) is 27.8 Å². The lowest BCUT2D eigenvalue weighted by atomic mass is 9.87. The van der Waals surface area contributed by atoms with Gasteiger partial charge in [0.25, 0.3) is 6.02 Å². The fourth-order valence-electron chi connectivity index (χ4n) is 3.38. The number of pyridine rings is 2. The third-order valence-corrected chi connectivity index (χ3v) is 4.83. The molecule has 3 heterocycles. The maximum Gasteiger partial charge on any atom is 0.279 e. The second-order valence-corrected chi connectivity index (χ2v) is 8.44. The summed E-state index contributed by atoms with van der Waals surface area (Å²) in [5.74, 6) is 7.45. The van der Waals surface area contributed by atoms with Crippen LogP contribution >= 0.6 is 0 Å². The number of hydrogen-bond acceptors (Lipinski definition) is 5. The predicted octanol–water partition coefficient (Wildman–Crippen LogP) is 4.69. The van der Waals surface area contributed by atoms with E-state index in [2.05, 4.69) is 48.6 Å². The number of nitrogens with one attached hydrogen (secondary N) is 1. The Morgan fingerprint density at radius 3 is 2.71 bits per heavy atom. The summed E-state index contributed by atoms with van der Waals surface area (Å²) < 4.78 is 11.5. The zero-order valence-corrected chi connectivity index (χ0v) is 17.8. The molecule has 6 nitrogen and oxygen atoms in total. The van der Waals surface area contributed by atoms with E-state index in [1.165, 1.54) is 0 Å². The van der Waals surface area contributed by atoms with Crippen molar-refractivity contribution in [2.24, 2.45) is 11.1 Å². The number of aromatic nitrogens is 2. The predicted molar refractivity (Wildman–Crippen MR) is 120 cm³/mol. The van der Waals surface area contributed by atoms with Gasteiger partial charge < -0.3 is 15.2 Å². The molecule has 0 saturated carbocycles. The molecule has 6 heteroatoms. The van der Waals surface area contributed by atoms with E-state index in [4.69, 9.17) is 20.6 Å². The smallest absolute Gasteiger partial charge is 0.279 e. The molecule has 1 aliphatic heterocycles. The molecule has 31 heavy (non-hydrogen) atoms. The molecule has 2 aromatic heterocycles. The van der Waals surface area contributed by atoms with E-state index in [1.807, 2.05) is 36.5 Å². The summed E-state index contributed by atoms with van der Waals surface area (Å²) in [4.78, 5) is 8.72. The Morgan fingerprint density at radius 2 is 2.00 bits per heavy atom. The molecule has 4 rings (SSSR count). The fraction of sp³-hybridized carbons (Fsp3) is 0.240. The number of nitrogens with two attached hydrogens (primary N) is 1. The van der Waals surface area contributed by atoms with Crippen molar-refractivity contribution in [3.05, 3.63) is 71.7 Å². The highest BCUT2D eigenvalue weighted by Crippen LogP contribution is 2.44. The SMILES string of the molecule is CC(C)(C)C#Cc1cnc2c(c1)[C@H](COC(=N)N)c1cc(-c3cccnc3)ccc1O2. The summed E-state index contributed by atoms with van der Waals surface area (Å²) in [5.41, 5.74) is 9.99. The first-order chi connectivity index (χ1) is 14.8. The summed E-state index contributed by atoms with van der Waals surface area (Å²) in [7, 11) is 0. The van der Waals surface area contributed by atoms with Crippen molar-refractivity contribution in [2.45, 2.75) is 26.7 Å². The summed E-state index contributed by atoms with van der Waals surface area (Å²) >= 11 is 0. The van der Waals surface area contributed by atoms with Crippen LogP contribution in [0.4, 0.5) is 0 Å². The van der Waals surface area contributed by atoms with E-state index >= 15 is 0 Å². The Labute approximate surface area is 182 Å². The first kappa shape index (κ1) is 20.4. The first-order valence-electron chi connectivity index (χ1n) is 10.0. The minimum atomic E-state index is -0.324. The Hall–Kier alpha value is -3.85. The van der Waals surface area contributed by atoms with Gasteiger partial charge in [-0.1, -0.05) is 24.0 Å². The Balaban J connectivity index is 1.79. The molecule has 3 aromatic rings. The second kappa shape index (κ2) is 8.11. The molecule has 0 fully saturated rings. The number of amidine groups is 1.